The number of nitrogens with one attached hydrogen (secondary N) is 2. The lowest BCUT2D eigenvalue weighted by Gasteiger charge is -2.16. The summed E-state index contributed by atoms with van der Waals surface area (Å²) in [7, 11) is 0. The third-order valence-corrected chi connectivity index (χ3v) is 3.38. The molecule has 0 unspecified atom stereocenters. The van der Waals surface area contributed by atoms with E-state index < -0.39 is 0 Å². The van der Waals surface area contributed by atoms with Gasteiger partial charge in [-0.15, -0.1) is 5.11 Å². The predicted molar refractivity (Wildman–Crippen MR) is 84.9 cm³/mol. The van der Waals surface area contributed by atoms with Gasteiger partial charge in [0.15, 0.2) is 11.5 Å². The van der Waals surface area contributed by atoms with Crippen LogP contribution >= 0.6 is 0 Å². The zero-order chi connectivity index (χ0) is 15.6. The Labute approximate surface area is 131 Å². The third kappa shape index (κ3) is 2.47. The van der Waals surface area contributed by atoms with Crippen LogP contribution < -0.4 is 11.2 Å². The summed E-state index contributed by atoms with van der Waals surface area (Å²) in [6, 6.07) is 9.45. The molecule has 114 valence electrons. The monoisotopic (exact) mass is 307 g/mol. The summed E-state index contributed by atoms with van der Waals surface area (Å²) in [5.41, 5.74) is 12.3. The largest absolute Gasteiger partial charge is 0.380 e. The van der Waals surface area contributed by atoms with Crippen LogP contribution in [-0.2, 0) is 4.94 Å². The Morgan fingerprint density at radius 3 is 2.91 bits per heavy atom. The molecule has 0 spiro atoms. The van der Waals surface area contributed by atoms with Gasteiger partial charge in [-0.3, -0.25) is 5.10 Å². The number of hydrogen-bond donors (Lipinski definition) is 3. The number of benzene rings is 1. The number of allylic oxidation sites excluding steroid dienone is 3. The van der Waals surface area contributed by atoms with Crippen molar-refractivity contribution in [3.8, 4) is 0 Å². The molecule has 0 atom stereocenters. The van der Waals surface area contributed by atoms with Crippen LogP contribution in [0.5, 0.6) is 0 Å². The molecule has 0 amide bonds. The molecule has 1 aromatic carbocycles. The Kier molecular flexibility index (Phi) is 3.13. The highest BCUT2D eigenvalue weighted by Gasteiger charge is 2.20. The quantitative estimate of drug-likeness (QED) is 0.756. The van der Waals surface area contributed by atoms with E-state index in [-0.39, 0.29) is 0 Å². The molecule has 4 N–H and O–H groups in total. The Balaban J connectivity index is 1.69. The number of anilines is 1. The molecule has 0 aliphatic carbocycles. The molecule has 3 heterocycles. The van der Waals surface area contributed by atoms with E-state index in [4.69, 9.17) is 10.7 Å². The van der Waals surface area contributed by atoms with Crippen molar-refractivity contribution < 1.29 is 4.94 Å². The van der Waals surface area contributed by atoms with Crippen LogP contribution in [0.25, 0.3) is 5.57 Å². The van der Waals surface area contributed by atoms with E-state index in [9.17, 15) is 0 Å². The van der Waals surface area contributed by atoms with E-state index in [0.717, 1.165) is 17.0 Å². The summed E-state index contributed by atoms with van der Waals surface area (Å²) in [4.78, 5) is 5.15. The fraction of sp³-hybridized carbons (Fsp3) is 0. The summed E-state index contributed by atoms with van der Waals surface area (Å²) < 4.78 is 0. The van der Waals surface area contributed by atoms with E-state index in [0.29, 0.717) is 17.2 Å². The molecule has 0 saturated heterocycles. The van der Waals surface area contributed by atoms with Crippen molar-refractivity contribution >= 4 is 22.8 Å². The molecule has 2 aliphatic rings. The van der Waals surface area contributed by atoms with Gasteiger partial charge in [0.25, 0.3) is 0 Å². The van der Waals surface area contributed by atoms with Gasteiger partial charge in [0, 0.05) is 11.8 Å². The van der Waals surface area contributed by atoms with Gasteiger partial charge in [-0.05, 0) is 24.3 Å². The van der Waals surface area contributed by atoms with Crippen molar-refractivity contribution in [1.29, 1.82) is 0 Å². The molecule has 0 saturated carbocycles. The molecule has 0 radical (unpaired) electrons. The SMILES string of the molecule is Nc1n[nH]c(C2=CC3=CNON3C=C2)c1N=Nc1ccccc1. The first-order chi connectivity index (χ1) is 11.3. The zero-order valence-corrected chi connectivity index (χ0v) is 12.0. The molecule has 2 aliphatic heterocycles. The number of H-pyrrole nitrogens is 1. The zero-order valence-electron chi connectivity index (χ0n) is 12.0. The van der Waals surface area contributed by atoms with Crippen LogP contribution in [0.1, 0.15) is 5.69 Å². The number of aromatic nitrogens is 2. The molecule has 4 rings (SSSR count). The Hall–Kier alpha value is -3.39. The highest BCUT2D eigenvalue weighted by molar-refractivity contribution is 5.84. The van der Waals surface area contributed by atoms with Gasteiger partial charge >= 0.3 is 0 Å². The second-order valence-electron chi connectivity index (χ2n) is 4.89. The van der Waals surface area contributed by atoms with Crippen LogP contribution in [0.3, 0.4) is 0 Å². The first kappa shape index (κ1) is 13.3. The highest BCUT2D eigenvalue weighted by atomic mass is 16.8. The number of aromatic amines is 1. The lowest BCUT2D eigenvalue weighted by molar-refractivity contribution is -0.112. The molecule has 1 aromatic heterocycles. The topological polar surface area (TPSA) is 104 Å². The minimum atomic E-state index is 0.297. The van der Waals surface area contributed by atoms with E-state index in [2.05, 4.69) is 25.9 Å². The number of nitrogens with two attached hydrogens (primary N) is 1. The Morgan fingerprint density at radius 1 is 1.17 bits per heavy atom. The molecule has 0 fully saturated rings. The summed E-state index contributed by atoms with van der Waals surface area (Å²) in [6.07, 6.45) is 7.33. The van der Waals surface area contributed by atoms with Crippen LogP contribution in [-0.4, -0.2) is 15.3 Å². The van der Waals surface area contributed by atoms with Crippen molar-refractivity contribution in [2.24, 2.45) is 10.2 Å². The number of hydroxylamine groups is 3. The molecule has 2 aromatic rings. The molecule has 23 heavy (non-hydrogen) atoms. The van der Waals surface area contributed by atoms with Gasteiger partial charge in [0.1, 0.15) is 0 Å². The van der Waals surface area contributed by atoms with Gasteiger partial charge in [-0.1, -0.05) is 18.2 Å². The summed E-state index contributed by atoms with van der Waals surface area (Å²) in [5, 5.41) is 17.0. The number of rotatable bonds is 3. The van der Waals surface area contributed by atoms with Crippen LogP contribution in [0.2, 0.25) is 0 Å². The van der Waals surface area contributed by atoms with Gasteiger partial charge in [0.2, 0.25) is 0 Å². The molecular weight excluding hydrogens is 294 g/mol. The number of fused-ring (bicyclic) bond motifs is 1. The normalized spacial score (nSPS) is 16.3. The first-order valence-electron chi connectivity index (χ1n) is 6.94. The molecular formula is C15H13N7O. The number of nitrogen functional groups attached to an aromatic ring is 1. The second-order valence-corrected chi connectivity index (χ2v) is 4.89. The van der Waals surface area contributed by atoms with E-state index in [1.807, 2.05) is 42.5 Å². The average Bonchev–Trinajstić information content (AvgIpc) is 3.19. The average molecular weight is 307 g/mol. The van der Waals surface area contributed by atoms with E-state index in [1.54, 1.807) is 17.5 Å². The van der Waals surface area contributed by atoms with Crippen molar-refractivity contribution in [1.82, 2.24) is 20.7 Å². The van der Waals surface area contributed by atoms with Gasteiger partial charge in [-0.25, -0.2) is 10.5 Å². The van der Waals surface area contributed by atoms with Crippen molar-refractivity contribution in [2.45, 2.75) is 0 Å². The number of azo groups is 1. The molecule has 8 heteroatoms. The Bertz CT molecular complexity index is 848. The van der Waals surface area contributed by atoms with Crippen molar-refractivity contribution in [3.05, 3.63) is 66.3 Å². The summed E-state index contributed by atoms with van der Waals surface area (Å²) in [5.74, 6) is 0.297. The molecule has 8 nitrogen and oxygen atoms in total. The number of nitrogens with zero attached hydrogens (tertiary/aromatic N) is 4. The van der Waals surface area contributed by atoms with Crippen LogP contribution in [0.15, 0.2) is 70.8 Å². The minimum Gasteiger partial charge on any atom is -0.380 e. The van der Waals surface area contributed by atoms with Crippen LogP contribution in [0, 0.1) is 0 Å². The van der Waals surface area contributed by atoms with E-state index in [1.165, 1.54) is 0 Å². The second kappa shape index (κ2) is 5.43. The standard InChI is InChI=1S/C15H13N7O/c16-15-14(20-18-11-4-2-1-3-5-11)13(19-21-15)10-6-7-22-12(8-10)9-17-23-22/h1-9,17H,(H3,16,19,21). The van der Waals surface area contributed by atoms with Crippen molar-refractivity contribution in [3.63, 3.8) is 0 Å². The van der Waals surface area contributed by atoms with Gasteiger partial charge < -0.3 is 5.73 Å². The lowest BCUT2D eigenvalue weighted by atomic mass is 10.1. The van der Waals surface area contributed by atoms with Gasteiger partial charge in [0.05, 0.1) is 23.3 Å². The van der Waals surface area contributed by atoms with E-state index >= 15 is 0 Å². The highest BCUT2D eigenvalue weighted by Crippen LogP contribution is 2.34. The maximum Gasteiger partial charge on any atom is 0.173 e. The summed E-state index contributed by atoms with van der Waals surface area (Å²) >= 11 is 0. The number of hydrogen-bond acceptors (Lipinski definition) is 7. The first-order valence-corrected chi connectivity index (χ1v) is 6.94. The van der Waals surface area contributed by atoms with Crippen molar-refractivity contribution in [2.75, 3.05) is 5.73 Å². The fourth-order valence-corrected chi connectivity index (χ4v) is 2.25. The Morgan fingerprint density at radius 2 is 2.04 bits per heavy atom. The maximum absolute atomic E-state index is 5.91. The van der Waals surface area contributed by atoms with Gasteiger partial charge in [-0.2, -0.15) is 15.2 Å². The fourth-order valence-electron chi connectivity index (χ4n) is 2.25. The smallest absolute Gasteiger partial charge is 0.173 e. The third-order valence-electron chi connectivity index (χ3n) is 3.38. The maximum atomic E-state index is 5.91. The molecule has 0 bridgehead atoms. The summed E-state index contributed by atoms with van der Waals surface area (Å²) in [6.45, 7) is 0. The minimum absolute atomic E-state index is 0.297. The predicted octanol–water partition coefficient (Wildman–Crippen LogP) is 2.91. The van der Waals surface area contributed by atoms with Crippen LogP contribution in [0.4, 0.5) is 17.2 Å². The lowest BCUT2D eigenvalue weighted by Crippen LogP contribution is -2.15.